The summed E-state index contributed by atoms with van der Waals surface area (Å²) in [4.78, 5) is 13.9. The Labute approximate surface area is 186 Å². The highest BCUT2D eigenvalue weighted by Gasteiger charge is 2.32. The molecule has 32 heavy (non-hydrogen) atoms. The van der Waals surface area contributed by atoms with Crippen LogP contribution in [-0.4, -0.2) is 34.6 Å². The number of hydrogen-bond acceptors (Lipinski definition) is 6. The van der Waals surface area contributed by atoms with Gasteiger partial charge in [-0.25, -0.2) is 17.6 Å². The van der Waals surface area contributed by atoms with Crippen LogP contribution < -0.4 is 9.62 Å². The number of hydrogen-bond donors (Lipinski definition) is 1. The smallest absolute Gasteiger partial charge is 0.337 e. The third-order valence-corrected chi connectivity index (χ3v) is 7.31. The highest BCUT2D eigenvalue weighted by atomic mass is 32.2. The van der Waals surface area contributed by atoms with Crippen LogP contribution in [-0.2, 0) is 14.8 Å². The Hall–Kier alpha value is -3.12. The fourth-order valence-electron chi connectivity index (χ4n) is 4.07. The average Bonchev–Trinajstić information content (AvgIpc) is 3.65. The molecule has 2 aliphatic rings. The van der Waals surface area contributed by atoms with E-state index in [4.69, 9.17) is 4.74 Å². The molecular weight excluding hydrogens is 433 g/mol. The van der Waals surface area contributed by atoms with Crippen LogP contribution in [0.3, 0.4) is 0 Å². The van der Waals surface area contributed by atoms with Gasteiger partial charge < -0.3 is 9.64 Å². The Morgan fingerprint density at radius 2 is 1.91 bits per heavy atom. The first-order chi connectivity index (χ1) is 15.3. The summed E-state index contributed by atoms with van der Waals surface area (Å²) in [5.41, 5.74) is 1.07. The molecule has 1 heterocycles. The van der Waals surface area contributed by atoms with Crippen LogP contribution in [0, 0.1) is 17.1 Å². The summed E-state index contributed by atoms with van der Waals surface area (Å²) in [7, 11) is -2.90. The second-order valence-electron chi connectivity index (χ2n) is 8.13. The van der Waals surface area contributed by atoms with Gasteiger partial charge in [-0.05, 0) is 61.8 Å². The minimum atomic E-state index is -4.13. The van der Waals surface area contributed by atoms with E-state index < -0.39 is 21.8 Å². The quantitative estimate of drug-likeness (QED) is 0.654. The first kappa shape index (κ1) is 22.1. The summed E-state index contributed by atoms with van der Waals surface area (Å²) in [5.74, 6) is -1.22. The van der Waals surface area contributed by atoms with Crippen molar-refractivity contribution < 1.29 is 22.3 Å². The summed E-state index contributed by atoms with van der Waals surface area (Å²) in [5, 5.41) is 9.28. The van der Waals surface area contributed by atoms with Crippen molar-refractivity contribution in [2.24, 2.45) is 0 Å². The van der Waals surface area contributed by atoms with Gasteiger partial charge in [0.1, 0.15) is 11.9 Å². The molecule has 2 aromatic carbocycles. The molecule has 7 nitrogen and oxygen atoms in total. The Bertz CT molecular complexity index is 1200. The molecule has 1 aliphatic heterocycles. The molecule has 168 valence electrons. The standard InChI is InChI=1S/C23H24FN3O4S/c1-31-23(28)16-7-8-18(15-5-6-15)22(12-16)32(29,30)26-20-11-17(14-25)19(24)13-21(20)27-9-3-2-4-10-27/h7-8,11-13,15,26H,2-6,9-10H2,1H3. The van der Waals surface area contributed by atoms with Crippen molar-refractivity contribution in [1.29, 1.82) is 5.26 Å². The number of rotatable bonds is 6. The lowest BCUT2D eigenvalue weighted by atomic mass is 10.1. The molecule has 0 aromatic heterocycles. The number of halogens is 1. The van der Waals surface area contributed by atoms with E-state index in [9.17, 15) is 22.9 Å². The van der Waals surface area contributed by atoms with Gasteiger partial charge in [-0.1, -0.05) is 6.07 Å². The van der Waals surface area contributed by atoms with Gasteiger partial charge in [0.25, 0.3) is 10.0 Å². The molecule has 1 saturated heterocycles. The summed E-state index contributed by atoms with van der Waals surface area (Å²) < 4.78 is 48.7. The van der Waals surface area contributed by atoms with Crippen LogP contribution in [0.2, 0.25) is 0 Å². The van der Waals surface area contributed by atoms with Crippen molar-refractivity contribution in [1.82, 2.24) is 0 Å². The maximum absolute atomic E-state index is 14.4. The summed E-state index contributed by atoms with van der Waals surface area (Å²) >= 11 is 0. The number of nitrogens with one attached hydrogen (secondary N) is 1. The molecule has 1 N–H and O–H groups in total. The second-order valence-corrected chi connectivity index (χ2v) is 9.78. The van der Waals surface area contributed by atoms with E-state index in [-0.39, 0.29) is 27.6 Å². The maximum atomic E-state index is 14.4. The number of nitriles is 1. The number of methoxy groups -OCH3 is 1. The Morgan fingerprint density at radius 1 is 1.19 bits per heavy atom. The third-order valence-electron chi connectivity index (χ3n) is 5.89. The van der Waals surface area contributed by atoms with Gasteiger partial charge >= 0.3 is 5.97 Å². The van der Waals surface area contributed by atoms with Gasteiger partial charge in [0.15, 0.2) is 0 Å². The highest BCUT2D eigenvalue weighted by Crippen LogP contribution is 2.44. The Morgan fingerprint density at radius 3 is 2.53 bits per heavy atom. The van der Waals surface area contributed by atoms with E-state index in [1.165, 1.54) is 25.3 Å². The van der Waals surface area contributed by atoms with E-state index >= 15 is 0 Å². The van der Waals surface area contributed by atoms with Crippen LogP contribution in [0.5, 0.6) is 0 Å². The first-order valence-electron chi connectivity index (χ1n) is 10.6. The van der Waals surface area contributed by atoms with Crippen molar-refractivity contribution in [2.45, 2.75) is 42.9 Å². The van der Waals surface area contributed by atoms with E-state index in [1.807, 2.05) is 4.90 Å². The monoisotopic (exact) mass is 457 g/mol. The molecular formula is C23H24FN3O4S. The predicted octanol–water partition coefficient (Wildman–Crippen LogP) is 4.15. The van der Waals surface area contributed by atoms with E-state index in [0.717, 1.165) is 32.1 Å². The van der Waals surface area contributed by atoms with E-state index in [0.29, 0.717) is 24.3 Å². The zero-order chi connectivity index (χ0) is 22.9. The fourth-order valence-corrected chi connectivity index (χ4v) is 5.46. The molecule has 0 atom stereocenters. The SMILES string of the molecule is COC(=O)c1ccc(C2CC2)c(S(=O)(=O)Nc2cc(C#N)c(F)cc2N2CCCCC2)c1. The number of sulfonamides is 1. The molecule has 4 rings (SSSR count). The number of carbonyl (C=O) groups is 1. The molecule has 2 fully saturated rings. The molecule has 1 saturated carbocycles. The minimum Gasteiger partial charge on any atom is -0.465 e. The normalized spacial score (nSPS) is 16.3. The molecule has 9 heteroatoms. The maximum Gasteiger partial charge on any atom is 0.337 e. The van der Waals surface area contributed by atoms with Crippen LogP contribution >= 0.6 is 0 Å². The number of carbonyl (C=O) groups excluding carboxylic acids is 1. The van der Waals surface area contributed by atoms with Crippen LogP contribution in [0.15, 0.2) is 35.2 Å². The van der Waals surface area contributed by atoms with Gasteiger partial charge in [-0.15, -0.1) is 0 Å². The second kappa shape index (κ2) is 8.79. The fraction of sp³-hybridized carbons (Fsp3) is 0.391. The van der Waals surface area contributed by atoms with Gasteiger partial charge in [-0.2, -0.15) is 5.26 Å². The van der Waals surface area contributed by atoms with Crippen molar-refractivity contribution >= 4 is 27.4 Å². The van der Waals surface area contributed by atoms with Crippen LogP contribution in [0.25, 0.3) is 0 Å². The predicted molar refractivity (Wildman–Crippen MR) is 118 cm³/mol. The minimum absolute atomic E-state index is 0.00433. The Kier molecular flexibility index (Phi) is 6.07. The number of ether oxygens (including phenoxy) is 1. The molecule has 0 amide bonds. The summed E-state index contributed by atoms with van der Waals surface area (Å²) in [6.45, 7) is 1.34. The van der Waals surface area contributed by atoms with Gasteiger partial charge in [0.05, 0.1) is 34.5 Å². The van der Waals surface area contributed by atoms with E-state index in [2.05, 4.69) is 4.72 Å². The lowest BCUT2D eigenvalue weighted by Gasteiger charge is -2.31. The van der Waals surface area contributed by atoms with Gasteiger partial charge in [0.2, 0.25) is 0 Å². The van der Waals surface area contributed by atoms with Crippen LogP contribution in [0.4, 0.5) is 15.8 Å². The number of benzene rings is 2. The zero-order valence-corrected chi connectivity index (χ0v) is 18.5. The van der Waals surface area contributed by atoms with Gasteiger partial charge in [0, 0.05) is 19.2 Å². The number of esters is 1. The van der Waals surface area contributed by atoms with E-state index in [1.54, 1.807) is 18.2 Å². The lowest BCUT2D eigenvalue weighted by Crippen LogP contribution is -2.30. The third kappa shape index (κ3) is 4.41. The van der Waals surface area contributed by atoms with Crippen molar-refractivity contribution in [3.05, 3.63) is 52.8 Å². The Balaban J connectivity index is 1.78. The lowest BCUT2D eigenvalue weighted by molar-refractivity contribution is 0.0600. The highest BCUT2D eigenvalue weighted by molar-refractivity contribution is 7.92. The molecule has 0 unspecified atom stereocenters. The zero-order valence-electron chi connectivity index (χ0n) is 17.7. The molecule has 1 aliphatic carbocycles. The number of anilines is 2. The average molecular weight is 458 g/mol. The molecule has 2 aromatic rings. The van der Waals surface area contributed by atoms with Crippen molar-refractivity contribution in [3.63, 3.8) is 0 Å². The number of nitrogens with zero attached hydrogens (tertiary/aromatic N) is 2. The van der Waals surface area contributed by atoms with Crippen molar-refractivity contribution in [2.75, 3.05) is 29.8 Å². The van der Waals surface area contributed by atoms with Gasteiger partial charge in [-0.3, -0.25) is 4.72 Å². The van der Waals surface area contributed by atoms with Crippen LogP contribution in [0.1, 0.15) is 59.5 Å². The molecule has 0 bridgehead atoms. The van der Waals surface area contributed by atoms with Crippen molar-refractivity contribution in [3.8, 4) is 6.07 Å². The molecule has 0 radical (unpaired) electrons. The number of piperidine rings is 1. The topological polar surface area (TPSA) is 99.5 Å². The summed E-state index contributed by atoms with van der Waals surface area (Å²) in [6.07, 6.45) is 4.63. The largest absolute Gasteiger partial charge is 0.465 e. The molecule has 0 spiro atoms. The summed E-state index contributed by atoms with van der Waals surface area (Å²) in [6, 6.07) is 8.75. The first-order valence-corrected chi connectivity index (χ1v) is 12.1.